The van der Waals surface area contributed by atoms with E-state index in [1.807, 2.05) is 0 Å². The largest absolute Gasteiger partial charge is 0.481 e. The SMILES string of the molecule is [2H]C([2H])([2H])C([2H])([2H])C([2H])([2H])CC([2H])([2H])C([2H])([2H])C([2H])([2H])C([2H])([2H])/C=C\CCCCCCCC(=O)O. The molecule has 0 aromatic heterocycles. The third-order valence-electron chi connectivity index (χ3n) is 2.45. The molecule has 0 aromatic carbocycles. The van der Waals surface area contributed by atoms with E-state index in [-0.39, 0.29) is 6.42 Å². The number of hydrogen-bond donors (Lipinski definition) is 1. The van der Waals surface area contributed by atoms with Crippen molar-refractivity contribution in [1.82, 2.24) is 0 Å². The van der Waals surface area contributed by atoms with Gasteiger partial charge >= 0.3 is 5.97 Å². The van der Waals surface area contributed by atoms with Crippen molar-refractivity contribution in [2.45, 2.75) is 96.5 Å². The molecule has 2 heteroatoms. The maximum atomic E-state index is 10.4. The van der Waals surface area contributed by atoms with Gasteiger partial charge in [0.1, 0.15) is 0 Å². The monoisotopic (exact) mass is 297 g/mol. The van der Waals surface area contributed by atoms with Gasteiger partial charge in [0.25, 0.3) is 0 Å². The van der Waals surface area contributed by atoms with Gasteiger partial charge in [-0.2, -0.15) is 0 Å². The number of carbonyl (C=O) groups is 1. The van der Waals surface area contributed by atoms with E-state index in [0.717, 1.165) is 12.5 Å². The zero-order chi connectivity index (χ0) is 28.1. The first-order chi connectivity index (χ1) is 15.4. The van der Waals surface area contributed by atoms with Crippen LogP contribution in [0.3, 0.4) is 0 Å². The molecule has 0 amide bonds. The first-order valence-corrected chi connectivity index (χ1v) is 6.77. The van der Waals surface area contributed by atoms with Crippen LogP contribution in [-0.4, -0.2) is 11.1 Å². The zero-order valence-corrected chi connectivity index (χ0v) is 11.7. The van der Waals surface area contributed by atoms with Gasteiger partial charge < -0.3 is 5.11 Å². The summed E-state index contributed by atoms with van der Waals surface area (Å²) in [7, 11) is 0. The Hall–Kier alpha value is -0.790. The Bertz CT molecular complexity index is 726. The Labute approximate surface area is 146 Å². The van der Waals surface area contributed by atoms with Gasteiger partial charge in [0.05, 0.1) is 0 Å². The molecule has 0 bridgehead atoms. The van der Waals surface area contributed by atoms with Crippen molar-refractivity contribution in [2.75, 3.05) is 0 Å². The molecule has 0 aliphatic carbocycles. The van der Waals surface area contributed by atoms with Gasteiger partial charge in [-0.05, 0) is 32.0 Å². The summed E-state index contributed by atoms with van der Waals surface area (Å²) in [6.07, 6.45) is -16.7. The summed E-state index contributed by atoms with van der Waals surface area (Å²) in [4.78, 5) is 10.4. The molecule has 0 unspecified atom stereocenters. The maximum Gasteiger partial charge on any atom is 0.303 e. The van der Waals surface area contributed by atoms with E-state index in [9.17, 15) is 4.79 Å². The Balaban J connectivity index is 5.39. The minimum Gasteiger partial charge on any atom is -0.481 e. The fraction of sp³-hybridized carbons (Fsp3) is 0.833. The molecule has 0 saturated carbocycles. The van der Waals surface area contributed by atoms with Crippen LogP contribution in [0.4, 0.5) is 0 Å². The molecule has 0 aromatic rings. The molecular formula is C18H34O2. The van der Waals surface area contributed by atoms with Crippen LogP contribution in [0, 0.1) is 0 Å². The van der Waals surface area contributed by atoms with Crippen LogP contribution in [0.1, 0.15) is 117 Å². The smallest absolute Gasteiger partial charge is 0.303 e. The molecule has 0 aliphatic heterocycles. The molecule has 118 valence electrons. The van der Waals surface area contributed by atoms with Crippen LogP contribution in [0.25, 0.3) is 0 Å². The quantitative estimate of drug-likeness (QED) is 0.292. The predicted octanol–water partition coefficient (Wildman–Crippen LogP) is 6.11. The van der Waals surface area contributed by atoms with Gasteiger partial charge in [-0.3, -0.25) is 4.79 Å². The number of rotatable bonds is 15. The van der Waals surface area contributed by atoms with Crippen LogP contribution in [0.2, 0.25) is 0 Å². The summed E-state index contributed by atoms with van der Waals surface area (Å²) in [5.74, 6) is -0.874. The third kappa shape index (κ3) is 17.2. The average Bonchev–Trinajstić information content (AvgIpc) is 2.64. The van der Waals surface area contributed by atoms with Crippen LogP contribution in [0.15, 0.2) is 12.2 Å². The molecule has 0 fully saturated rings. The third-order valence-corrected chi connectivity index (χ3v) is 2.45. The topological polar surface area (TPSA) is 37.3 Å². The van der Waals surface area contributed by atoms with Gasteiger partial charge in [0.15, 0.2) is 0 Å². The molecule has 20 heavy (non-hydrogen) atoms. The van der Waals surface area contributed by atoms with Gasteiger partial charge in [-0.15, -0.1) is 0 Å². The zero-order valence-electron chi connectivity index (χ0n) is 26.7. The minimum absolute atomic E-state index is 0.0764. The van der Waals surface area contributed by atoms with E-state index < -0.39 is 57.5 Å². The van der Waals surface area contributed by atoms with Crippen molar-refractivity contribution in [1.29, 1.82) is 0 Å². The highest BCUT2D eigenvalue weighted by Gasteiger charge is 1.95. The summed E-state index contributed by atoms with van der Waals surface area (Å²) in [6, 6.07) is 0. The fourth-order valence-corrected chi connectivity index (χ4v) is 1.47. The number of allylic oxidation sites excluding steroid dienone is 2. The lowest BCUT2D eigenvalue weighted by molar-refractivity contribution is -0.137. The Morgan fingerprint density at radius 1 is 1.00 bits per heavy atom. The summed E-state index contributed by atoms with van der Waals surface area (Å²) in [5, 5.41) is 8.58. The second-order valence-electron chi connectivity index (χ2n) is 4.15. The van der Waals surface area contributed by atoms with Gasteiger partial charge in [-0.25, -0.2) is 0 Å². The molecule has 0 radical (unpaired) electrons. The molecule has 0 aliphatic rings. The van der Waals surface area contributed by atoms with E-state index in [0.29, 0.717) is 32.1 Å². The van der Waals surface area contributed by atoms with Crippen molar-refractivity contribution in [3.8, 4) is 0 Å². The molecule has 0 spiro atoms. The normalized spacial score (nSPS) is 27.3. The van der Waals surface area contributed by atoms with Crippen LogP contribution in [-0.2, 0) is 4.79 Å². The highest BCUT2D eigenvalue weighted by atomic mass is 16.4. The molecule has 1 N–H and O–H groups in total. The van der Waals surface area contributed by atoms with Crippen molar-refractivity contribution < 1.29 is 30.5 Å². The lowest BCUT2D eigenvalue weighted by Crippen LogP contribution is -1.93. The van der Waals surface area contributed by atoms with Crippen molar-refractivity contribution in [2.24, 2.45) is 0 Å². The number of carboxylic acid groups (broad SMARTS) is 1. The molecule has 0 atom stereocenters. The second-order valence-corrected chi connectivity index (χ2v) is 4.15. The van der Waals surface area contributed by atoms with E-state index in [4.69, 9.17) is 25.7 Å². The fourth-order valence-electron chi connectivity index (χ4n) is 1.47. The second kappa shape index (κ2) is 16.3. The highest BCUT2D eigenvalue weighted by Crippen LogP contribution is 2.09. The van der Waals surface area contributed by atoms with Crippen molar-refractivity contribution in [3.05, 3.63) is 12.2 Å². The first-order valence-electron chi connectivity index (χ1n) is 14.3. The summed E-state index contributed by atoms with van der Waals surface area (Å²) >= 11 is 0. The standard InChI is InChI=1S/C18H34O2/c1-2-3-4-5-6-7-8-9-10-11-12-13-14-15-16-17-18(19)20/h9-10H,2-8,11-17H2,1H3,(H,19,20)/b10-9-/i1D3,2D2,3D2,5D2,6D2,7D2,8D2. The number of carboxylic acids is 1. The lowest BCUT2D eigenvalue weighted by atomic mass is 10.1. The van der Waals surface area contributed by atoms with Crippen LogP contribution < -0.4 is 0 Å². The van der Waals surface area contributed by atoms with E-state index in [1.54, 1.807) is 0 Å². The average molecular weight is 298 g/mol. The molecular weight excluding hydrogens is 248 g/mol. The van der Waals surface area contributed by atoms with E-state index >= 15 is 0 Å². The summed E-state index contributed by atoms with van der Waals surface area (Å²) in [6.45, 7) is -3.51. The Morgan fingerprint density at radius 2 is 1.80 bits per heavy atom. The van der Waals surface area contributed by atoms with Crippen LogP contribution in [0.5, 0.6) is 0 Å². The molecule has 0 heterocycles. The van der Waals surface area contributed by atoms with E-state index in [2.05, 4.69) is 0 Å². The van der Waals surface area contributed by atoms with Crippen molar-refractivity contribution >= 4 is 5.97 Å². The van der Waals surface area contributed by atoms with Crippen molar-refractivity contribution in [3.63, 3.8) is 0 Å². The van der Waals surface area contributed by atoms with E-state index in [1.165, 1.54) is 6.08 Å². The predicted molar refractivity (Wildman–Crippen MR) is 87.1 cm³/mol. The first kappa shape index (κ1) is 5.78. The minimum atomic E-state index is -3.68. The number of hydrogen-bond acceptors (Lipinski definition) is 1. The summed E-state index contributed by atoms with van der Waals surface area (Å²) in [5.41, 5.74) is 0. The Morgan fingerprint density at radius 3 is 2.60 bits per heavy atom. The molecule has 0 rings (SSSR count). The van der Waals surface area contributed by atoms with Gasteiger partial charge in [0.2, 0.25) is 0 Å². The Kier molecular flexibility index (Phi) is 4.70. The van der Waals surface area contributed by atoms with Gasteiger partial charge in [0, 0.05) is 27.0 Å². The highest BCUT2D eigenvalue weighted by molar-refractivity contribution is 5.66. The molecule has 0 saturated heterocycles. The van der Waals surface area contributed by atoms with Gasteiger partial charge in [-0.1, -0.05) is 70.2 Å². The van der Waals surface area contributed by atoms with Crippen LogP contribution >= 0.6 is 0 Å². The molecule has 2 nitrogen and oxygen atoms in total. The summed E-state index contributed by atoms with van der Waals surface area (Å²) < 4.78 is 116. The maximum absolute atomic E-state index is 10.4. The number of unbranched alkanes of at least 4 members (excludes halogenated alkanes) is 5. The number of aliphatic carboxylic acids is 1. The lowest BCUT2D eigenvalue weighted by Gasteiger charge is -1.99.